The summed E-state index contributed by atoms with van der Waals surface area (Å²) in [4.78, 5) is 15.9. The van der Waals surface area contributed by atoms with Gasteiger partial charge < -0.3 is 14.8 Å². The van der Waals surface area contributed by atoms with Crippen LogP contribution in [0.15, 0.2) is 42.7 Å². The van der Waals surface area contributed by atoms with Crippen LogP contribution in [0.1, 0.15) is 17.5 Å². The summed E-state index contributed by atoms with van der Waals surface area (Å²) in [6.07, 6.45) is 4.61. The summed E-state index contributed by atoms with van der Waals surface area (Å²) in [6.45, 7) is 1.80. The molecule has 1 N–H and O–H groups in total. The largest absolute Gasteiger partial charge is 0.490 e. The molecule has 0 bridgehead atoms. The van der Waals surface area contributed by atoms with E-state index < -0.39 is 0 Å². The molecule has 1 aromatic heterocycles. The van der Waals surface area contributed by atoms with Gasteiger partial charge in [-0.25, -0.2) is 0 Å². The lowest BCUT2D eigenvalue weighted by Gasteiger charge is -2.10. The second-order valence-electron chi connectivity index (χ2n) is 5.15. The molecule has 0 atom stereocenters. The number of carbonyl (C=O) groups is 1. The molecule has 1 aliphatic rings. The van der Waals surface area contributed by atoms with Crippen LogP contribution in [0.4, 0.5) is 0 Å². The van der Waals surface area contributed by atoms with Crippen LogP contribution < -0.4 is 14.8 Å². The highest BCUT2D eigenvalue weighted by Crippen LogP contribution is 2.30. The Morgan fingerprint density at radius 3 is 2.82 bits per heavy atom. The first-order valence-corrected chi connectivity index (χ1v) is 7.35. The molecule has 5 nitrogen and oxygen atoms in total. The highest BCUT2D eigenvalue weighted by Gasteiger charge is 2.11. The first-order valence-electron chi connectivity index (χ1n) is 7.35. The van der Waals surface area contributed by atoms with Gasteiger partial charge >= 0.3 is 0 Å². The van der Waals surface area contributed by atoms with Gasteiger partial charge in [-0.05, 0) is 29.3 Å². The Labute approximate surface area is 129 Å². The van der Waals surface area contributed by atoms with E-state index in [0.29, 0.717) is 26.2 Å². The standard InChI is InChI=1S/C17H18N2O3/c20-17(10-13-3-1-6-18-11-13)19-12-14-4-5-15-16(9-14)22-8-2-7-21-15/h1,3-6,9,11H,2,7-8,10,12H2,(H,19,20). The van der Waals surface area contributed by atoms with Crippen LogP contribution in [0.2, 0.25) is 0 Å². The van der Waals surface area contributed by atoms with Crippen molar-refractivity contribution in [3.05, 3.63) is 53.9 Å². The van der Waals surface area contributed by atoms with E-state index in [-0.39, 0.29) is 5.91 Å². The summed E-state index contributed by atoms with van der Waals surface area (Å²) < 4.78 is 11.2. The first kappa shape index (κ1) is 14.4. The van der Waals surface area contributed by atoms with E-state index in [1.54, 1.807) is 12.4 Å². The van der Waals surface area contributed by atoms with E-state index in [4.69, 9.17) is 9.47 Å². The molecule has 0 aliphatic carbocycles. The summed E-state index contributed by atoms with van der Waals surface area (Å²) in [5, 5.41) is 2.91. The van der Waals surface area contributed by atoms with Crippen molar-refractivity contribution in [2.75, 3.05) is 13.2 Å². The number of ether oxygens (including phenoxy) is 2. The lowest BCUT2D eigenvalue weighted by Crippen LogP contribution is -2.24. The quantitative estimate of drug-likeness (QED) is 0.939. The number of aromatic nitrogens is 1. The fraction of sp³-hybridized carbons (Fsp3) is 0.294. The normalized spacial score (nSPS) is 13.3. The second-order valence-corrected chi connectivity index (χ2v) is 5.15. The summed E-state index contributed by atoms with van der Waals surface area (Å²) >= 11 is 0. The number of nitrogens with zero attached hydrogens (tertiary/aromatic N) is 1. The SMILES string of the molecule is O=C(Cc1cccnc1)NCc1ccc2c(c1)OCCCO2. The third-order valence-electron chi connectivity index (χ3n) is 3.39. The van der Waals surface area contributed by atoms with Crippen LogP contribution in [0.3, 0.4) is 0 Å². The predicted octanol–water partition coefficient (Wildman–Crippen LogP) is 2.10. The van der Waals surface area contributed by atoms with Gasteiger partial charge in [-0.15, -0.1) is 0 Å². The van der Waals surface area contributed by atoms with Crippen LogP contribution >= 0.6 is 0 Å². The topological polar surface area (TPSA) is 60.5 Å². The van der Waals surface area contributed by atoms with Gasteiger partial charge in [0.25, 0.3) is 0 Å². The van der Waals surface area contributed by atoms with Crippen molar-refractivity contribution in [2.45, 2.75) is 19.4 Å². The van der Waals surface area contributed by atoms with E-state index in [1.807, 2.05) is 30.3 Å². The molecule has 3 rings (SSSR count). The second kappa shape index (κ2) is 6.93. The van der Waals surface area contributed by atoms with E-state index >= 15 is 0 Å². The van der Waals surface area contributed by atoms with Gasteiger partial charge in [0.05, 0.1) is 19.6 Å². The number of hydrogen-bond donors (Lipinski definition) is 1. The number of nitrogens with one attached hydrogen (secondary N) is 1. The summed E-state index contributed by atoms with van der Waals surface area (Å²) in [7, 11) is 0. The maximum absolute atomic E-state index is 11.9. The molecule has 0 spiro atoms. The van der Waals surface area contributed by atoms with Crippen molar-refractivity contribution in [2.24, 2.45) is 0 Å². The van der Waals surface area contributed by atoms with E-state index in [2.05, 4.69) is 10.3 Å². The highest BCUT2D eigenvalue weighted by atomic mass is 16.5. The summed E-state index contributed by atoms with van der Waals surface area (Å²) in [5.41, 5.74) is 1.89. The average molecular weight is 298 g/mol. The van der Waals surface area contributed by atoms with Crippen molar-refractivity contribution in [3.63, 3.8) is 0 Å². The van der Waals surface area contributed by atoms with Crippen molar-refractivity contribution in [1.29, 1.82) is 0 Å². The molecule has 5 heteroatoms. The number of benzene rings is 1. The number of fused-ring (bicyclic) bond motifs is 1. The fourth-order valence-corrected chi connectivity index (χ4v) is 2.27. The van der Waals surface area contributed by atoms with Crippen LogP contribution in [0.5, 0.6) is 11.5 Å². The minimum atomic E-state index is -0.0277. The Morgan fingerprint density at radius 1 is 1.14 bits per heavy atom. The Balaban J connectivity index is 1.57. The van der Waals surface area contributed by atoms with E-state index in [0.717, 1.165) is 29.0 Å². The van der Waals surface area contributed by atoms with E-state index in [9.17, 15) is 4.79 Å². The zero-order valence-electron chi connectivity index (χ0n) is 12.2. The fourth-order valence-electron chi connectivity index (χ4n) is 2.27. The van der Waals surface area contributed by atoms with Crippen LogP contribution in [0, 0.1) is 0 Å². The number of carbonyl (C=O) groups excluding carboxylic acids is 1. The maximum Gasteiger partial charge on any atom is 0.224 e. The molecule has 0 radical (unpaired) electrons. The number of hydrogen-bond acceptors (Lipinski definition) is 4. The predicted molar refractivity (Wildman–Crippen MR) is 81.8 cm³/mol. The van der Waals surface area contributed by atoms with Crippen molar-refractivity contribution in [3.8, 4) is 11.5 Å². The Kier molecular flexibility index (Phi) is 4.53. The van der Waals surface area contributed by atoms with Gasteiger partial charge in [0.2, 0.25) is 5.91 Å². The Bertz CT molecular complexity index is 644. The maximum atomic E-state index is 11.9. The molecule has 22 heavy (non-hydrogen) atoms. The monoisotopic (exact) mass is 298 g/mol. The van der Waals surface area contributed by atoms with Crippen LogP contribution in [-0.2, 0) is 17.8 Å². The Morgan fingerprint density at radius 2 is 2.00 bits per heavy atom. The van der Waals surface area contributed by atoms with Crippen LogP contribution in [0.25, 0.3) is 0 Å². The molecule has 1 aliphatic heterocycles. The molecule has 114 valence electrons. The minimum absolute atomic E-state index is 0.0277. The zero-order valence-corrected chi connectivity index (χ0v) is 12.2. The van der Waals surface area contributed by atoms with Gasteiger partial charge in [0, 0.05) is 25.4 Å². The van der Waals surface area contributed by atoms with Gasteiger partial charge in [0.1, 0.15) is 0 Å². The van der Waals surface area contributed by atoms with Gasteiger partial charge in [-0.1, -0.05) is 12.1 Å². The smallest absolute Gasteiger partial charge is 0.224 e. The molecule has 0 unspecified atom stereocenters. The molecule has 0 fully saturated rings. The van der Waals surface area contributed by atoms with Gasteiger partial charge in [-0.3, -0.25) is 9.78 Å². The van der Waals surface area contributed by atoms with Gasteiger partial charge in [0.15, 0.2) is 11.5 Å². The first-order chi connectivity index (χ1) is 10.8. The average Bonchev–Trinajstić information content (AvgIpc) is 2.78. The number of pyridine rings is 1. The van der Waals surface area contributed by atoms with Crippen molar-refractivity contribution >= 4 is 5.91 Å². The van der Waals surface area contributed by atoms with Gasteiger partial charge in [-0.2, -0.15) is 0 Å². The number of amides is 1. The molecular formula is C17H18N2O3. The highest BCUT2D eigenvalue weighted by molar-refractivity contribution is 5.78. The summed E-state index contributed by atoms with van der Waals surface area (Å²) in [5.74, 6) is 1.49. The lowest BCUT2D eigenvalue weighted by atomic mass is 10.1. The molecule has 1 amide bonds. The third kappa shape index (κ3) is 3.75. The molecule has 2 aromatic rings. The third-order valence-corrected chi connectivity index (χ3v) is 3.39. The molecule has 2 heterocycles. The molecule has 1 aromatic carbocycles. The molecular weight excluding hydrogens is 280 g/mol. The molecule has 0 saturated carbocycles. The van der Waals surface area contributed by atoms with E-state index in [1.165, 1.54) is 0 Å². The summed E-state index contributed by atoms with van der Waals surface area (Å²) in [6, 6.07) is 9.47. The lowest BCUT2D eigenvalue weighted by molar-refractivity contribution is -0.120. The Hall–Kier alpha value is -2.56. The van der Waals surface area contributed by atoms with Crippen LogP contribution in [-0.4, -0.2) is 24.1 Å². The number of rotatable bonds is 4. The minimum Gasteiger partial charge on any atom is -0.490 e. The van der Waals surface area contributed by atoms with Crippen molar-refractivity contribution in [1.82, 2.24) is 10.3 Å². The van der Waals surface area contributed by atoms with Crippen molar-refractivity contribution < 1.29 is 14.3 Å². The molecule has 0 saturated heterocycles. The zero-order chi connectivity index (χ0) is 15.2.